The van der Waals surface area contributed by atoms with Crippen molar-refractivity contribution >= 4 is 29.1 Å². The zero-order valence-corrected chi connectivity index (χ0v) is 12.7. The number of benzene rings is 1. The van der Waals surface area contributed by atoms with E-state index in [1.165, 1.54) is 17.8 Å². The number of nitrogens with zero attached hydrogens (tertiary/aromatic N) is 2. The first-order valence-electron chi connectivity index (χ1n) is 6.80. The van der Waals surface area contributed by atoms with Crippen LogP contribution in [0.4, 0.5) is 10.1 Å². The number of thioether (sulfide) groups is 1. The monoisotopic (exact) mass is 319 g/mol. The predicted molar refractivity (Wildman–Crippen MR) is 81.6 cm³/mol. The van der Waals surface area contributed by atoms with E-state index < -0.39 is 5.82 Å². The Morgan fingerprint density at radius 1 is 1.45 bits per heavy atom. The van der Waals surface area contributed by atoms with Crippen LogP contribution in [0.15, 0.2) is 29.7 Å². The SMILES string of the molecule is Cn1ccnc1SCC(=O)c1cc2c(cc1F)NC(=O)CC2. The van der Waals surface area contributed by atoms with Crippen LogP contribution < -0.4 is 5.32 Å². The molecule has 7 heteroatoms. The standard InChI is InChI=1S/C15H14FN3O2S/c1-19-5-4-17-15(19)22-8-13(20)10-6-9-2-3-14(21)18-12(9)7-11(10)16/h4-7H,2-3,8H2,1H3,(H,18,21). The molecular weight excluding hydrogens is 305 g/mol. The van der Waals surface area contributed by atoms with Crippen molar-refractivity contribution in [1.29, 1.82) is 0 Å². The lowest BCUT2D eigenvalue weighted by Gasteiger charge is -2.17. The molecule has 0 atom stereocenters. The fourth-order valence-corrected chi connectivity index (χ4v) is 3.13. The molecule has 0 spiro atoms. The second-order valence-corrected chi connectivity index (χ2v) is 6.01. The molecular formula is C15H14FN3O2S. The van der Waals surface area contributed by atoms with Crippen LogP contribution in [0, 0.1) is 5.82 Å². The number of hydrogen-bond donors (Lipinski definition) is 1. The molecule has 0 unspecified atom stereocenters. The number of imidazole rings is 1. The Morgan fingerprint density at radius 3 is 3.00 bits per heavy atom. The van der Waals surface area contributed by atoms with Gasteiger partial charge in [-0.3, -0.25) is 9.59 Å². The van der Waals surface area contributed by atoms with Gasteiger partial charge in [-0.15, -0.1) is 0 Å². The first-order valence-corrected chi connectivity index (χ1v) is 7.79. The van der Waals surface area contributed by atoms with Crippen molar-refractivity contribution in [2.24, 2.45) is 7.05 Å². The highest BCUT2D eigenvalue weighted by Crippen LogP contribution is 2.27. The van der Waals surface area contributed by atoms with E-state index in [0.29, 0.717) is 23.7 Å². The molecule has 0 radical (unpaired) electrons. The minimum absolute atomic E-state index is 0.0663. The van der Waals surface area contributed by atoms with Gasteiger partial charge in [-0.2, -0.15) is 0 Å². The highest BCUT2D eigenvalue weighted by atomic mass is 32.2. The Labute approximate surface area is 130 Å². The minimum atomic E-state index is -0.605. The number of carbonyl (C=O) groups excluding carboxylic acids is 2. The van der Waals surface area contributed by atoms with Crippen LogP contribution in [0.3, 0.4) is 0 Å². The number of hydrogen-bond acceptors (Lipinski definition) is 4. The molecule has 1 N–H and O–H groups in total. The van der Waals surface area contributed by atoms with Gasteiger partial charge in [0.1, 0.15) is 5.82 Å². The van der Waals surface area contributed by atoms with Gasteiger partial charge in [0.15, 0.2) is 10.9 Å². The van der Waals surface area contributed by atoms with Crippen LogP contribution in [-0.2, 0) is 18.3 Å². The molecule has 0 saturated carbocycles. The summed E-state index contributed by atoms with van der Waals surface area (Å²) in [6.07, 6.45) is 4.31. The van der Waals surface area contributed by atoms with E-state index in [2.05, 4.69) is 10.3 Å². The Bertz CT molecular complexity index is 757. The predicted octanol–water partition coefficient (Wildman–Crippen LogP) is 2.42. The summed E-state index contributed by atoms with van der Waals surface area (Å²) in [4.78, 5) is 27.7. The van der Waals surface area contributed by atoms with E-state index in [1.807, 2.05) is 7.05 Å². The Balaban J connectivity index is 1.78. The van der Waals surface area contributed by atoms with Crippen LogP contribution in [0.2, 0.25) is 0 Å². The second kappa shape index (κ2) is 5.92. The molecule has 1 aliphatic heterocycles. The Kier molecular flexibility index (Phi) is 3.98. The summed E-state index contributed by atoms with van der Waals surface area (Å²) in [7, 11) is 1.84. The highest BCUT2D eigenvalue weighted by Gasteiger charge is 2.20. The molecule has 0 bridgehead atoms. The quantitative estimate of drug-likeness (QED) is 0.694. The average Bonchev–Trinajstić information content (AvgIpc) is 2.89. The zero-order chi connectivity index (χ0) is 15.7. The third-order valence-electron chi connectivity index (χ3n) is 3.50. The summed E-state index contributed by atoms with van der Waals surface area (Å²) in [5.41, 5.74) is 1.32. The van der Waals surface area contributed by atoms with E-state index in [0.717, 1.165) is 5.56 Å². The molecule has 3 rings (SSSR count). The van der Waals surface area contributed by atoms with Gasteiger partial charge >= 0.3 is 0 Å². The molecule has 0 saturated heterocycles. The van der Waals surface area contributed by atoms with Crippen LogP contribution >= 0.6 is 11.8 Å². The molecule has 0 aliphatic carbocycles. The van der Waals surface area contributed by atoms with Crippen molar-refractivity contribution in [3.8, 4) is 0 Å². The van der Waals surface area contributed by atoms with Gasteiger partial charge in [-0.25, -0.2) is 9.37 Å². The van der Waals surface area contributed by atoms with Gasteiger partial charge in [-0.05, 0) is 24.1 Å². The molecule has 2 heterocycles. The summed E-state index contributed by atoms with van der Waals surface area (Å²) in [6, 6.07) is 2.77. The second-order valence-electron chi connectivity index (χ2n) is 5.07. The van der Waals surface area contributed by atoms with Gasteiger partial charge in [0, 0.05) is 31.5 Å². The summed E-state index contributed by atoms with van der Waals surface area (Å²) < 4.78 is 15.9. The lowest BCUT2D eigenvalue weighted by atomic mass is 9.98. The fourth-order valence-electron chi connectivity index (χ4n) is 2.31. The number of aromatic nitrogens is 2. The lowest BCUT2D eigenvalue weighted by Crippen LogP contribution is -2.20. The number of carbonyl (C=O) groups is 2. The normalized spacial score (nSPS) is 13.6. The molecule has 22 heavy (non-hydrogen) atoms. The van der Waals surface area contributed by atoms with Crippen LogP contribution in [0.25, 0.3) is 0 Å². The number of anilines is 1. The molecule has 5 nitrogen and oxygen atoms in total. The number of halogens is 1. The van der Waals surface area contributed by atoms with E-state index in [1.54, 1.807) is 23.0 Å². The third-order valence-corrected chi connectivity index (χ3v) is 4.56. The maximum absolute atomic E-state index is 14.1. The van der Waals surface area contributed by atoms with E-state index in [-0.39, 0.29) is 23.0 Å². The van der Waals surface area contributed by atoms with Crippen molar-refractivity contribution in [2.75, 3.05) is 11.1 Å². The maximum Gasteiger partial charge on any atom is 0.224 e. The van der Waals surface area contributed by atoms with Gasteiger partial charge < -0.3 is 9.88 Å². The number of ketones is 1. The molecule has 1 aliphatic rings. The number of aryl methyl sites for hydroxylation is 2. The summed E-state index contributed by atoms with van der Waals surface area (Å²) >= 11 is 1.27. The molecule has 0 fully saturated rings. The molecule has 1 aromatic carbocycles. The molecule has 1 aromatic heterocycles. The summed E-state index contributed by atoms with van der Waals surface area (Å²) in [5, 5.41) is 3.33. The number of Topliss-reactive ketones (excluding diaryl/α,β-unsaturated/α-hetero) is 1. The number of rotatable bonds is 4. The Morgan fingerprint density at radius 2 is 2.27 bits per heavy atom. The maximum atomic E-state index is 14.1. The van der Waals surface area contributed by atoms with Crippen molar-refractivity contribution in [3.63, 3.8) is 0 Å². The van der Waals surface area contributed by atoms with Gasteiger partial charge in [-0.1, -0.05) is 11.8 Å². The Hall–Kier alpha value is -2.15. The van der Waals surface area contributed by atoms with Gasteiger partial charge in [0.25, 0.3) is 0 Å². The molecule has 1 amide bonds. The van der Waals surface area contributed by atoms with Crippen LogP contribution in [0.5, 0.6) is 0 Å². The van der Waals surface area contributed by atoms with Crippen molar-refractivity contribution < 1.29 is 14.0 Å². The van der Waals surface area contributed by atoms with E-state index in [4.69, 9.17) is 0 Å². The zero-order valence-electron chi connectivity index (χ0n) is 11.9. The average molecular weight is 319 g/mol. The third kappa shape index (κ3) is 2.89. The first kappa shape index (κ1) is 14.8. The van der Waals surface area contributed by atoms with Crippen LogP contribution in [0.1, 0.15) is 22.3 Å². The molecule has 2 aromatic rings. The summed E-state index contributed by atoms with van der Waals surface area (Å²) in [5.74, 6) is -0.902. The van der Waals surface area contributed by atoms with E-state index >= 15 is 0 Å². The fraction of sp³-hybridized carbons (Fsp3) is 0.267. The highest BCUT2D eigenvalue weighted by molar-refractivity contribution is 7.99. The topological polar surface area (TPSA) is 64.0 Å². The minimum Gasteiger partial charge on any atom is -0.329 e. The van der Waals surface area contributed by atoms with Crippen molar-refractivity contribution in [2.45, 2.75) is 18.0 Å². The first-order chi connectivity index (χ1) is 10.5. The number of nitrogens with one attached hydrogen (secondary N) is 1. The van der Waals surface area contributed by atoms with Gasteiger partial charge in [0.2, 0.25) is 5.91 Å². The number of amides is 1. The van der Waals surface area contributed by atoms with E-state index in [9.17, 15) is 14.0 Å². The smallest absolute Gasteiger partial charge is 0.224 e. The molecule has 114 valence electrons. The van der Waals surface area contributed by atoms with Crippen molar-refractivity contribution in [3.05, 3.63) is 41.5 Å². The van der Waals surface area contributed by atoms with Crippen LogP contribution in [-0.4, -0.2) is 27.0 Å². The number of fused-ring (bicyclic) bond motifs is 1. The summed E-state index contributed by atoms with van der Waals surface area (Å²) in [6.45, 7) is 0. The van der Waals surface area contributed by atoms with Crippen molar-refractivity contribution in [1.82, 2.24) is 9.55 Å². The van der Waals surface area contributed by atoms with Gasteiger partial charge in [0.05, 0.1) is 11.3 Å². The lowest BCUT2D eigenvalue weighted by molar-refractivity contribution is -0.116. The largest absolute Gasteiger partial charge is 0.329 e.